The Morgan fingerprint density at radius 2 is 2.15 bits per heavy atom. The Morgan fingerprint density at radius 1 is 1.27 bits per heavy atom. The molecule has 3 heterocycles. The van der Waals surface area contributed by atoms with Crippen molar-refractivity contribution in [2.24, 2.45) is 5.92 Å². The average Bonchev–Trinajstić information content (AvgIpc) is 3.11. The van der Waals surface area contributed by atoms with Crippen molar-refractivity contribution >= 4 is 22.9 Å². The zero-order valence-corrected chi connectivity index (χ0v) is 14.8. The van der Waals surface area contributed by atoms with Crippen molar-refractivity contribution in [2.75, 3.05) is 25.0 Å². The molecule has 0 bridgehead atoms. The minimum atomic E-state index is 0.153. The predicted octanol–water partition coefficient (Wildman–Crippen LogP) is 2.49. The molecule has 1 unspecified atom stereocenters. The monoisotopic (exact) mass is 350 g/mol. The van der Waals surface area contributed by atoms with E-state index in [1.807, 2.05) is 39.8 Å². The van der Waals surface area contributed by atoms with E-state index in [0.717, 1.165) is 49.3 Å². The lowest BCUT2D eigenvalue weighted by molar-refractivity contribution is -0.130. The minimum Gasteiger partial charge on any atom is -0.354 e. The molecule has 1 fully saturated rings. The van der Waals surface area contributed by atoms with Gasteiger partial charge >= 0.3 is 0 Å². The molecule has 1 N–H and O–H groups in total. The lowest BCUT2D eigenvalue weighted by Crippen LogP contribution is -2.40. The summed E-state index contributed by atoms with van der Waals surface area (Å²) in [6.07, 6.45) is 5.70. The molecule has 1 aliphatic heterocycles. The van der Waals surface area contributed by atoms with Gasteiger partial charge in [0.2, 0.25) is 11.9 Å². The van der Waals surface area contributed by atoms with Gasteiger partial charge in [-0.25, -0.2) is 9.97 Å². The van der Waals surface area contributed by atoms with Gasteiger partial charge in [-0.2, -0.15) is 4.98 Å². The van der Waals surface area contributed by atoms with Gasteiger partial charge in [0, 0.05) is 32.8 Å². The second kappa shape index (κ2) is 7.11. The van der Waals surface area contributed by atoms with Gasteiger partial charge in [0.05, 0.1) is 11.0 Å². The molecular formula is C19H22N6O. The van der Waals surface area contributed by atoms with Crippen LogP contribution in [0.2, 0.25) is 0 Å². The molecule has 0 saturated carbocycles. The first-order valence-corrected chi connectivity index (χ1v) is 8.95. The van der Waals surface area contributed by atoms with E-state index in [9.17, 15) is 4.79 Å². The Labute approximate surface area is 152 Å². The third-order valence-corrected chi connectivity index (χ3v) is 4.85. The molecule has 1 saturated heterocycles. The van der Waals surface area contributed by atoms with Crippen molar-refractivity contribution < 1.29 is 4.79 Å². The maximum absolute atomic E-state index is 11.6. The van der Waals surface area contributed by atoms with Crippen LogP contribution in [-0.4, -0.2) is 50.0 Å². The van der Waals surface area contributed by atoms with Gasteiger partial charge in [0.25, 0.3) is 0 Å². The van der Waals surface area contributed by atoms with Crippen LogP contribution in [0, 0.1) is 5.92 Å². The summed E-state index contributed by atoms with van der Waals surface area (Å²) in [7, 11) is 0. The molecule has 0 spiro atoms. The molecule has 4 rings (SSSR count). The SMILES string of the molecule is CC(=O)N1CCCC(CNc2nccc(-n3cnc4ccccc43)n2)C1. The molecule has 0 aliphatic carbocycles. The van der Waals surface area contributed by atoms with E-state index in [1.54, 1.807) is 19.4 Å². The number of piperidine rings is 1. The third-order valence-electron chi connectivity index (χ3n) is 4.85. The van der Waals surface area contributed by atoms with Gasteiger partial charge in [0.1, 0.15) is 12.1 Å². The normalized spacial score (nSPS) is 17.4. The summed E-state index contributed by atoms with van der Waals surface area (Å²) in [6, 6.07) is 9.84. The number of anilines is 1. The number of fused-ring (bicyclic) bond motifs is 1. The van der Waals surface area contributed by atoms with Crippen LogP contribution in [0.1, 0.15) is 19.8 Å². The highest BCUT2D eigenvalue weighted by Crippen LogP contribution is 2.19. The number of carbonyl (C=O) groups excluding carboxylic acids is 1. The summed E-state index contributed by atoms with van der Waals surface area (Å²) in [5, 5.41) is 3.33. The predicted molar refractivity (Wildman–Crippen MR) is 100 cm³/mol. The molecule has 0 radical (unpaired) electrons. The summed E-state index contributed by atoms with van der Waals surface area (Å²) in [5.41, 5.74) is 1.95. The fraction of sp³-hybridized carbons (Fsp3) is 0.368. The molecule has 1 aliphatic rings. The summed E-state index contributed by atoms with van der Waals surface area (Å²) in [4.78, 5) is 26.9. The molecule has 3 aromatic rings. The van der Waals surface area contributed by atoms with Crippen molar-refractivity contribution in [3.63, 3.8) is 0 Å². The number of hydrogen-bond acceptors (Lipinski definition) is 5. The van der Waals surface area contributed by atoms with Crippen LogP contribution in [0.25, 0.3) is 16.9 Å². The zero-order valence-electron chi connectivity index (χ0n) is 14.8. The van der Waals surface area contributed by atoms with Crippen LogP contribution in [0.15, 0.2) is 42.9 Å². The molecule has 7 nitrogen and oxygen atoms in total. The van der Waals surface area contributed by atoms with E-state index in [1.165, 1.54) is 0 Å². The summed E-state index contributed by atoms with van der Waals surface area (Å²) >= 11 is 0. The Balaban J connectivity index is 1.47. The first-order valence-electron chi connectivity index (χ1n) is 8.95. The number of carbonyl (C=O) groups is 1. The fourth-order valence-corrected chi connectivity index (χ4v) is 3.46. The minimum absolute atomic E-state index is 0.153. The molecule has 1 aromatic carbocycles. The topological polar surface area (TPSA) is 75.9 Å². The molecule has 1 atom stereocenters. The highest BCUT2D eigenvalue weighted by molar-refractivity contribution is 5.76. The number of benzene rings is 1. The zero-order chi connectivity index (χ0) is 17.9. The largest absolute Gasteiger partial charge is 0.354 e. The maximum Gasteiger partial charge on any atom is 0.224 e. The molecular weight excluding hydrogens is 328 g/mol. The van der Waals surface area contributed by atoms with Crippen LogP contribution >= 0.6 is 0 Å². The number of nitrogens with zero attached hydrogens (tertiary/aromatic N) is 5. The Morgan fingerprint density at radius 3 is 3.04 bits per heavy atom. The molecule has 26 heavy (non-hydrogen) atoms. The smallest absolute Gasteiger partial charge is 0.224 e. The molecule has 7 heteroatoms. The van der Waals surface area contributed by atoms with Gasteiger partial charge in [-0.1, -0.05) is 12.1 Å². The van der Waals surface area contributed by atoms with Gasteiger partial charge in [0.15, 0.2) is 0 Å². The van der Waals surface area contributed by atoms with Crippen molar-refractivity contribution in [1.29, 1.82) is 0 Å². The van der Waals surface area contributed by atoms with Crippen LogP contribution in [0.5, 0.6) is 0 Å². The summed E-state index contributed by atoms with van der Waals surface area (Å²) < 4.78 is 1.96. The van der Waals surface area contributed by atoms with E-state index in [4.69, 9.17) is 0 Å². The fourth-order valence-electron chi connectivity index (χ4n) is 3.46. The summed E-state index contributed by atoms with van der Waals surface area (Å²) in [6.45, 7) is 4.06. The number of amides is 1. The van der Waals surface area contributed by atoms with E-state index in [2.05, 4.69) is 20.3 Å². The van der Waals surface area contributed by atoms with Crippen molar-refractivity contribution in [2.45, 2.75) is 19.8 Å². The average molecular weight is 350 g/mol. The van der Waals surface area contributed by atoms with Gasteiger partial charge in [-0.15, -0.1) is 0 Å². The standard InChI is InChI=1S/C19H22N6O/c1-14(26)24-10-4-5-15(12-24)11-21-19-20-9-8-18(23-19)25-13-22-16-6-2-3-7-17(16)25/h2-3,6-9,13,15H,4-5,10-12H2,1H3,(H,20,21,23). The van der Waals surface area contributed by atoms with Crippen molar-refractivity contribution in [3.05, 3.63) is 42.9 Å². The number of rotatable bonds is 4. The third kappa shape index (κ3) is 3.37. The van der Waals surface area contributed by atoms with E-state index in [-0.39, 0.29) is 5.91 Å². The van der Waals surface area contributed by atoms with Gasteiger partial charge in [-0.3, -0.25) is 9.36 Å². The lowest BCUT2D eigenvalue weighted by atomic mass is 9.98. The van der Waals surface area contributed by atoms with E-state index in [0.29, 0.717) is 11.9 Å². The quantitative estimate of drug-likeness (QED) is 0.782. The maximum atomic E-state index is 11.6. The first-order chi connectivity index (χ1) is 12.7. The summed E-state index contributed by atoms with van der Waals surface area (Å²) in [5.74, 6) is 1.96. The number of aromatic nitrogens is 4. The van der Waals surface area contributed by atoms with Crippen molar-refractivity contribution in [1.82, 2.24) is 24.4 Å². The lowest BCUT2D eigenvalue weighted by Gasteiger charge is -2.32. The van der Waals surface area contributed by atoms with Crippen LogP contribution in [0.3, 0.4) is 0 Å². The van der Waals surface area contributed by atoms with E-state index < -0.39 is 0 Å². The number of imidazole rings is 1. The number of hydrogen-bond donors (Lipinski definition) is 1. The second-order valence-corrected chi connectivity index (χ2v) is 6.70. The highest BCUT2D eigenvalue weighted by atomic mass is 16.2. The number of nitrogens with one attached hydrogen (secondary N) is 1. The van der Waals surface area contributed by atoms with Crippen molar-refractivity contribution in [3.8, 4) is 5.82 Å². The Kier molecular flexibility index (Phi) is 4.51. The number of para-hydroxylation sites is 2. The highest BCUT2D eigenvalue weighted by Gasteiger charge is 2.21. The van der Waals surface area contributed by atoms with Crippen LogP contribution < -0.4 is 5.32 Å². The van der Waals surface area contributed by atoms with E-state index >= 15 is 0 Å². The first kappa shape index (κ1) is 16.5. The van der Waals surface area contributed by atoms with Crippen LogP contribution in [-0.2, 0) is 4.79 Å². The number of likely N-dealkylation sites (tertiary alicyclic amines) is 1. The van der Waals surface area contributed by atoms with Gasteiger partial charge < -0.3 is 10.2 Å². The molecule has 1 amide bonds. The van der Waals surface area contributed by atoms with Gasteiger partial charge in [-0.05, 0) is 37.0 Å². The molecule has 134 valence electrons. The Hall–Kier alpha value is -2.96. The Bertz CT molecular complexity index is 921. The second-order valence-electron chi connectivity index (χ2n) is 6.70. The van der Waals surface area contributed by atoms with Crippen LogP contribution in [0.4, 0.5) is 5.95 Å². The molecule has 2 aromatic heterocycles.